The fraction of sp³-hybridized carbons (Fsp3) is 0.462. The van der Waals surface area contributed by atoms with Gasteiger partial charge in [-0.25, -0.2) is 0 Å². The predicted octanol–water partition coefficient (Wildman–Crippen LogP) is 1.57. The number of likely N-dealkylation sites (N-methyl/N-ethyl adjacent to an activating group) is 1. The topological polar surface area (TPSA) is 32.3 Å². The second kappa shape index (κ2) is 4.66. The van der Waals surface area contributed by atoms with Crippen molar-refractivity contribution in [3.8, 4) is 0 Å². The summed E-state index contributed by atoms with van der Waals surface area (Å²) in [7, 11) is 1.84. The van der Waals surface area contributed by atoms with Gasteiger partial charge in [0, 0.05) is 12.2 Å². The number of benzene rings is 1. The molecule has 1 aromatic rings. The third kappa shape index (κ3) is 1.95. The SMILES string of the molecule is CCc1ccc(N2CCC(NC)C2=O)cc1. The zero-order valence-electron chi connectivity index (χ0n) is 9.86. The maximum Gasteiger partial charge on any atom is 0.244 e. The van der Waals surface area contributed by atoms with E-state index in [0.717, 1.165) is 25.1 Å². The number of carbonyl (C=O) groups is 1. The van der Waals surface area contributed by atoms with Crippen LogP contribution in [0.1, 0.15) is 18.9 Å². The molecule has 0 aliphatic carbocycles. The summed E-state index contributed by atoms with van der Waals surface area (Å²) in [5, 5.41) is 3.04. The number of anilines is 1. The Morgan fingerprint density at radius 3 is 2.56 bits per heavy atom. The highest BCUT2D eigenvalue weighted by Gasteiger charge is 2.30. The summed E-state index contributed by atoms with van der Waals surface area (Å²) in [5.74, 6) is 0.187. The number of carbonyl (C=O) groups excluding carboxylic acids is 1. The van der Waals surface area contributed by atoms with Crippen LogP contribution in [0.5, 0.6) is 0 Å². The largest absolute Gasteiger partial charge is 0.311 e. The Hall–Kier alpha value is -1.35. The zero-order valence-corrected chi connectivity index (χ0v) is 9.86. The molecule has 1 fully saturated rings. The molecule has 3 heteroatoms. The maximum atomic E-state index is 12.0. The van der Waals surface area contributed by atoms with Gasteiger partial charge in [-0.3, -0.25) is 4.79 Å². The number of nitrogens with one attached hydrogen (secondary N) is 1. The van der Waals surface area contributed by atoms with E-state index in [-0.39, 0.29) is 11.9 Å². The number of nitrogens with zero attached hydrogens (tertiary/aromatic N) is 1. The molecule has 1 unspecified atom stereocenters. The van der Waals surface area contributed by atoms with Crippen LogP contribution >= 0.6 is 0 Å². The summed E-state index contributed by atoms with van der Waals surface area (Å²) < 4.78 is 0. The molecular weight excluding hydrogens is 200 g/mol. The molecule has 2 rings (SSSR count). The lowest BCUT2D eigenvalue weighted by Gasteiger charge is -2.17. The molecule has 1 saturated heterocycles. The van der Waals surface area contributed by atoms with Gasteiger partial charge in [0.1, 0.15) is 0 Å². The molecule has 0 radical (unpaired) electrons. The van der Waals surface area contributed by atoms with Crippen molar-refractivity contribution in [3.05, 3.63) is 29.8 Å². The maximum absolute atomic E-state index is 12.0. The van der Waals surface area contributed by atoms with E-state index in [1.54, 1.807) is 0 Å². The summed E-state index contributed by atoms with van der Waals surface area (Å²) in [4.78, 5) is 13.8. The van der Waals surface area contributed by atoms with Crippen molar-refractivity contribution in [3.63, 3.8) is 0 Å². The van der Waals surface area contributed by atoms with E-state index in [9.17, 15) is 4.79 Å². The van der Waals surface area contributed by atoms with Gasteiger partial charge in [0.05, 0.1) is 6.04 Å². The van der Waals surface area contributed by atoms with Gasteiger partial charge in [0.15, 0.2) is 0 Å². The summed E-state index contributed by atoms with van der Waals surface area (Å²) >= 11 is 0. The van der Waals surface area contributed by atoms with Crippen molar-refractivity contribution >= 4 is 11.6 Å². The minimum absolute atomic E-state index is 0.00847. The second-order valence-corrected chi connectivity index (χ2v) is 4.14. The van der Waals surface area contributed by atoms with Gasteiger partial charge in [-0.05, 0) is 37.6 Å². The number of hydrogen-bond donors (Lipinski definition) is 1. The van der Waals surface area contributed by atoms with Gasteiger partial charge >= 0.3 is 0 Å². The Balaban J connectivity index is 2.16. The third-order valence-corrected chi connectivity index (χ3v) is 3.21. The first-order chi connectivity index (χ1) is 7.76. The molecule has 1 N–H and O–H groups in total. The molecule has 86 valence electrons. The molecule has 1 aromatic carbocycles. The number of aryl methyl sites for hydroxylation is 1. The molecule has 1 heterocycles. The molecule has 0 saturated carbocycles. The number of hydrogen-bond acceptors (Lipinski definition) is 2. The molecule has 0 bridgehead atoms. The van der Waals surface area contributed by atoms with Crippen molar-refractivity contribution < 1.29 is 4.79 Å². The average Bonchev–Trinajstić information content (AvgIpc) is 2.70. The first-order valence-corrected chi connectivity index (χ1v) is 5.84. The summed E-state index contributed by atoms with van der Waals surface area (Å²) in [6.07, 6.45) is 1.93. The van der Waals surface area contributed by atoms with Crippen LogP contribution in [0.4, 0.5) is 5.69 Å². The normalized spacial score (nSPS) is 20.5. The highest BCUT2D eigenvalue weighted by molar-refractivity contribution is 5.99. The minimum Gasteiger partial charge on any atom is -0.311 e. The molecule has 1 amide bonds. The van der Waals surface area contributed by atoms with Crippen LogP contribution in [0.2, 0.25) is 0 Å². The van der Waals surface area contributed by atoms with Crippen LogP contribution in [0.25, 0.3) is 0 Å². The summed E-state index contributed by atoms with van der Waals surface area (Å²) in [5.41, 5.74) is 2.32. The van der Waals surface area contributed by atoms with Crippen molar-refractivity contribution in [1.82, 2.24) is 5.32 Å². The monoisotopic (exact) mass is 218 g/mol. The molecule has 1 atom stereocenters. The lowest BCUT2D eigenvalue weighted by molar-refractivity contribution is -0.118. The van der Waals surface area contributed by atoms with Crippen LogP contribution in [-0.2, 0) is 11.2 Å². The molecule has 16 heavy (non-hydrogen) atoms. The Morgan fingerprint density at radius 2 is 2.06 bits per heavy atom. The van der Waals surface area contributed by atoms with E-state index >= 15 is 0 Å². The predicted molar refractivity (Wildman–Crippen MR) is 65.6 cm³/mol. The van der Waals surface area contributed by atoms with Crippen LogP contribution in [0.15, 0.2) is 24.3 Å². The van der Waals surface area contributed by atoms with E-state index in [0.29, 0.717) is 0 Å². The molecule has 3 nitrogen and oxygen atoms in total. The highest BCUT2D eigenvalue weighted by Crippen LogP contribution is 2.21. The van der Waals surface area contributed by atoms with Gasteiger partial charge in [-0.2, -0.15) is 0 Å². The molecule has 1 aliphatic rings. The van der Waals surface area contributed by atoms with E-state index < -0.39 is 0 Å². The van der Waals surface area contributed by atoms with E-state index in [2.05, 4.69) is 24.4 Å². The molecule has 1 aliphatic heterocycles. The Bertz CT molecular complexity index is 372. The first-order valence-electron chi connectivity index (χ1n) is 5.84. The van der Waals surface area contributed by atoms with Gasteiger partial charge in [0.25, 0.3) is 0 Å². The molecule has 0 aromatic heterocycles. The quantitative estimate of drug-likeness (QED) is 0.835. The zero-order chi connectivity index (χ0) is 11.5. The molecule has 0 spiro atoms. The van der Waals surface area contributed by atoms with Crippen molar-refractivity contribution in [2.24, 2.45) is 0 Å². The fourth-order valence-corrected chi connectivity index (χ4v) is 2.12. The van der Waals surface area contributed by atoms with E-state index in [4.69, 9.17) is 0 Å². The number of amides is 1. The van der Waals surface area contributed by atoms with Crippen molar-refractivity contribution in [2.45, 2.75) is 25.8 Å². The number of rotatable bonds is 3. The lowest BCUT2D eigenvalue weighted by Crippen LogP contribution is -2.36. The summed E-state index contributed by atoms with van der Waals surface area (Å²) in [6, 6.07) is 8.25. The van der Waals surface area contributed by atoms with E-state index in [1.165, 1.54) is 5.56 Å². The smallest absolute Gasteiger partial charge is 0.244 e. The summed E-state index contributed by atoms with van der Waals surface area (Å²) in [6.45, 7) is 2.95. The third-order valence-electron chi connectivity index (χ3n) is 3.21. The lowest BCUT2D eigenvalue weighted by atomic mass is 10.1. The second-order valence-electron chi connectivity index (χ2n) is 4.14. The van der Waals surface area contributed by atoms with Crippen LogP contribution in [0.3, 0.4) is 0 Å². The average molecular weight is 218 g/mol. The van der Waals surface area contributed by atoms with Crippen molar-refractivity contribution in [2.75, 3.05) is 18.5 Å². The highest BCUT2D eigenvalue weighted by atomic mass is 16.2. The first kappa shape index (κ1) is 11.1. The van der Waals surface area contributed by atoms with E-state index in [1.807, 2.05) is 24.1 Å². The van der Waals surface area contributed by atoms with Gasteiger partial charge in [-0.15, -0.1) is 0 Å². The van der Waals surface area contributed by atoms with Crippen LogP contribution in [-0.4, -0.2) is 25.5 Å². The van der Waals surface area contributed by atoms with Crippen molar-refractivity contribution in [1.29, 1.82) is 0 Å². The minimum atomic E-state index is -0.00847. The Labute approximate surface area is 96.5 Å². The van der Waals surface area contributed by atoms with Gasteiger partial charge < -0.3 is 10.2 Å². The Kier molecular flexibility index (Phi) is 3.25. The van der Waals surface area contributed by atoms with Crippen LogP contribution < -0.4 is 10.2 Å². The fourth-order valence-electron chi connectivity index (χ4n) is 2.12. The van der Waals surface area contributed by atoms with Gasteiger partial charge in [0.2, 0.25) is 5.91 Å². The van der Waals surface area contributed by atoms with Crippen LogP contribution in [0, 0.1) is 0 Å². The van der Waals surface area contributed by atoms with Gasteiger partial charge in [-0.1, -0.05) is 19.1 Å². The Morgan fingerprint density at radius 1 is 1.38 bits per heavy atom. The standard InChI is InChI=1S/C13H18N2O/c1-3-10-4-6-11(7-5-10)15-9-8-12(14-2)13(15)16/h4-7,12,14H,3,8-9H2,1-2H3. The molecular formula is C13H18N2O.